The molecule has 0 atom stereocenters. The molecule has 5 nitrogen and oxygen atoms in total. The van der Waals surface area contributed by atoms with Gasteiger partial charge in [0.1, 0.15) is 0 Å². The molecular formula is C9H12ClN3O2. The Morgan fingerprint density at radius 2 is 1.87 bits per heavy atom. The van der Waals surface area contributed by atoms with E-state index >= 15 is 0 Å². The van der Waals surface area contributed by atoms with Crippen molar-refractivity contribution < 1.29 is 9.53 Å². The summed E-state index contributed by atoms with van der Waals surface area (Å²) in [6.07, 6.45) is 3.98. The van der Waals surface area contributed by atoms with Gasteiger partial charge in [-0.25, -0.2) is 9.97 Å². The second-order valence-electron chi connectivity index (χ2n) is 3.02. The zero-order chi connectivity index (χ0) is 9.80. The molecule has 0 unspecified atom stereocenters. The normalized spacial score (nSPS) is 15.6. The highest BCUT2D eigenvalue weighted by Gasteiger charge is 2.11. The number of halogens is 1. The first-order valence-electron chi connectivity index (χ1n) is 4.50. The molecular weight excluding hydrogens is 218 g/mol. The topological polar surface area (TPSA) is 55.3 Å². The van der Waals surface area contributed by atoms with Crippen molar-refractivity contribution in [2.24, 2.45) is 0 Å². The van der Waals surface area contributed by atoms with E-state index in [4.69, 9.17) is 4.74 Å². The SMILES string of the molecule is Cl.O=Cc1ncc(N2CCOCC2)cn1. The van der Waals surface area contributed by atoms with Crippen molar-refractivity contribution in [3.05, 3.63) is 18.2 Å². The summed E-state index contributed by atoms with van der Waals surface area (Å²) < 4.78 is 5.23. The van der Waals surface area contributed by atoms with E-state index in [1.165, 1.54) is 0 Å². The highest BCUT2D eigenvalue weighted by Crippen LogP contribution is 2.12. The predicted octanol–water partition coefficient (Wildman–Crippen LogP) is 0.547. The Balaban J connectivity index is 0.00000112. The molecule has 2 heterocycles. The quantitative estimate of drug-likeness (QED) is 0.694. The van der Waals surface area contributed by atoms with Crippen molar-refractivity contribution in [2.75, 3.05) is 31.2 Å². The Morgan fingerprint density at radius 1 is 1.27 bits per heavy atom. The van der Waals surface area contributed by atoms with Crippen LogP contribution in [0.1, 0.15) is 10.6 Å². The summed E-state index contributed by atoms with van der Waals surface area (Å²) in [5.74, 6) is 0.224. The van der Waals surface area contributed by atoms with E-state index in [9.17, 15) is 4.79 Å². The Morgan fingerprint density at radius 3 is 2.40 bits per heavy atom. The standard InChI is InChI=1S/C9H11N3O2.ClH/c13-7-9-10-5-8(6-11-9)12-1-3-14-4-2-12;/h5-7H,1-4H2;1H. The van der Waals surface area contributed by atoms with Gasteiger partial charge < -0.3 is 9.64 Å². The van der Waals surface area contributed by atoms with E-state index in [0.717, 1.165) is 32.0 Å². The van der Waals surface area contributed by atoms with E-state index in [2.05, 4.69) is 14.9 Å². The minimum absolute atomic E-state index is 0. The van der Waals surface area contributed by atoms with Crippen LogP contribution in [0.4, 0.5) is 5.69 Å². The van der Waals surface area contributed by atoms with E-state index in [-0.39, 0.29) is 18.2 Å². The monoisotopic (exact) mass is 229 g/mol. The summed E-state index contributed by atoms with van der Waals surface area (Å²) in [7, 11) is 0. The molecule has 1 aromatic heterocycles. The maximum Gasteiger partial charge on any atom is 0.192 e. The van der Waals surface area contributed by atoms with Crippen molar-refractivity contribution in [3.8, 4) is 0 Å². The van der Waals surface area contributed by atoms with Crippen molar-refractivity contribution in [3.63, 3.8) is 0 Å². The summed E-state index contributed by atoms with van der Waals surface area (Å²) in [6, 6.07) is 0. The number of aromatic nitrogens is 2. The van der Waals surface area contributed by atoms with E-state index in [1.807, 2.05) is 0 Å². The zero-order valence-electron chi connectivity index (χ0n) is 8.13. The average Bonchev–Trinajstić information content (AvgIpc) is 2.30. The first-order valence-corrected chi connectivity index (χ1v) is 4.50. The third-order valence-electron chi connectivity index (χ3n) is 2.14. The molecule has 0 amide bonds. The number of nitrogens with zero attached hydrogens (tertiary/aromatic N) is 3. The number of aldehydes is 1. The maximum absolute atomic E-state index is 10.3. The highest BCUT2D eigenvalue weighted by atomic mass is 35.5. The lowest BCUT2D eigenvalue weighted by molar-refractivity contribution is 0.111. The molecule has 2 rings (SSSR count). The number of hydrogen-bond donors (Lipinski definition) is 0. The number of rotatable bonds is 2. The molecule has 6 heteroatoms. The van der Waals surface area contributed by atoms with E-state index in [1.54, 1.807) is 12.4 Å². The lowest BCUT2D eigenvalue weighted by atomic mass is 10.3. The molecule has 1 aromatic rings. The fourth-order valence-corrected chi connectivity index (χ4v) is 1.38. The average molecular weight is 230 g/mol. The molecule has 0 spiro atoms. The van der Waals surface area contributed by atoms with Crippen LogP contribution in [0.25, 0.3) is 0 Å². The maximum atomic E-state index is 10.3. The van der Waals surface area contributed by atoms with Crippen LogP contribution in [0.15, 0.2) is 12.4 Å². The first kappa shape index (κ1) is 11.9. The second kappa shape index (κ2) is 5.63. The van der Waals surface area contributed by atoms with Crippen LogP contribution < -0.4 is 4.90 Å². The fourth-order valence-electron chi connectivity index (χ4n) is 1.38. The summed E-state index contributed by atoms with van der Waals surface area (Å²) in [4.78, 5) is 20.3. The predicted molar refractivity (Wildman–Crippen MR) is 57.7 cm³/mol. The van der Waals surface area contributed by atoms with Crippen molar-refractivity contribution >= 4 is 24.4 Å². The van der Waals surface area contributed by atoms with Gasteiger partial charge in [-0.05, 0) is 0 Å². The van der Waals surface area contributed by atoms with Gasteiger partial charge in [0.15, 0.2) is 12.1 Å². The minimum Gasteiger partial charge on any atom is -0.378 e. The molecule has 1 aliphatic heterocycles. The van der Waals surface area contributed by atoms with E-state index in [0.29, 0.717) is 6.29 Å². The highest BCUT2D eigenvalue weighted by molar-refractivity contribution is 5.85. The zero-order valence-corrected chi connectivity index (χ0v) is 8.94. The summed E-state index contributed by atoms with van der Waals surface area (Å²) in [5, 5.41) is 0. The number of anilines is 1. The lowest BCUT2D eigenvalue weighted by Crippen LogP contribution is -2.36. The van der Waals surface area contributed by atoms with Crippen LogP contribution in [-0.2, 0) is 4.74 Å². The minimum atomic E-state index is 0. The molecule has 1 fully saturated rings. The van der Waals surface area contributed by atoms with Crippen LogP contribution in [0.5, 0.6) is 0 Å². The van der Waals surface area contributed by atoms with Crippen molar-refractivity contribution in [1.29, 1.82) is 0 Å². The molecule has 82 valence electrons. The Labute approximate surface area is 93.9 Å². The van der Waals surface area contributed by atoms with Gasteiger partial charge in [-0.2, -0.15) is 0 Å². The Hall–Kier alpha value is -1.20. The fraction of sp³-hybridized carbons (Fsp3) is 0.444. The van der Waals surface area contributed by atoms with Gasteiger partial charge in [-0.3, -0.25) is 4.79 Å². The molecule has 0 N–H and O–H groups in total. The molecule has 0 bridgehead atoms. The van der Waals surface area contributed by atoms with Gasteiger partial charge in [-0.15, -0.1) is 12.4 Å². The van der Waals surface area contributed by atoms with Gasteiger partial charge >= 0.3 is 0 Å². The Kier molecular flexibility index (Phi) is 4.45. The van der Waals surface area contributed by atoms with Crippen LogP contribution in [0.2, 0.25) is 0 Å². The lowest BCUT2D eigenvalue weighted by Gasteiger charge is -2.28. The molecule has 0 aromatic carbocycles. The first-order chi connectivity index (χ1) is 6.90. The largest absolute Gasteiger partial charge is 0.378 e. The van der Waals surface area contributed by atoms with Crippen molar-refractivity contribution in [1.82, 2.24) is 9.97 Å². The van der Waals surface area contributed by atoms with Crippen LogP contribution in [-0.4, -0.2) is 42.6 Å². The molecule has 1 aliphatic rings. The molecule has 0 aliphatic carbocycles. The molecule has 1 saturated heterocycles. The van der Waals surface area contributed by atoms with Crippen LogP contribution in [0, 0.1) is 0 Å². The summed E-state index contributed by atoms with van der Waals surface area (Å²) in [5.41, 5.74) is 0.943. The van der Waals surface area contributed by atoms with Gasteiger partial charge in [0, 0.05) is 13.1 Å². The van der Waals surface area contributed by atoms with E-state index < -0.39 is 0 Å². The van der Waals surface area contributed by atoms with Crippen LogP contribution >= 0.6 is 12.4 Å². The third kappa shape index (κ3) is 2.87. The second-order valence-corrected chi connectivity index (χ2v) is 3.02. The van der Waals surface area contributed by atoms with Gasteiger partial charge in [0.25, 0.3) is 0 Å². The van der Waals surface area contributed by atoms with Gasteiger partial charge in [0.2, 0.25) is 0 Å². The Bertz CT molecular complexity index is 312. The van der Waals surface area contributed by atoms with Crippen molar-refractivity contribution in [2.45, 2.75) is 0 Å². The molecule has 0 saturated carbocycles. The third-order valence-corrected chi connectivity index (χ3v) is 2.14. The summed E-state index contributed by atoms with van der Waals surface area (Å²) >= 11 is 0. The van der Waals surface area contributed by atoms with Crippen LogP contribution in [0.3, 0.4) is 0 Å². The van der Waals surface area contributed by atoms with Gasteiger partial charge in [0.05, 0.1) is 31.3 Å². The van der Waals surface area contributed by atoms with Gasteiger partial charge in [-0.1, -0.05) is 0 Å². The number of morpholine rings is 1. The molecule has 0 radical (unpaired) electrons. The number of hydrogen-bond acceptors (Lipinski definition) is 5. The smallest absolute Gasteiger partial charge is 0.192 e. The number of carbonyl (C=O) groups is 1. The molecule has 15 heavy (non-hydrogen) atoms. The summed E-state index contributed by atoms with van der Waals surface area (Å²) in [6.45, 7) is 3.17. The number of carbonyl (C=O) groups excluding carboxylic acids is 1. The number of ether oxygens (including phenoxy) is 1.